The third kappa shape index (κ3) is 2.43. The zero-order valence-electron chi connectivity index (χ0n) is 10.9. The lowest BCUT2D eigenvalue weighted by Crippen LogP contribution is -2.00. The monoisotopic (exact) mass is 264 g/mol. The van der Waals surface area contributed by atoms with E-state index in [4.69, 9.17) is 0 Å². The van der Waals surface area contributed by atoms with E-state index in [0.717, 1.165) is 16.4 Å². The molecule has 5 nitrogen and oxygen atoms in total. The molecule has 0 bridgehead atoms. The molecule has 18 heavy (non-hydrogen) atoms. The molecule has 2 heterocycles. The van der Waals surface area contributed by atoms with Crippen molar-refractivity contribution < 1.29 is 4.79 Å². The molecule has 2 aromatic rings. The van der Waals surface area contributed by atoms with Gasteiger partial charge in [0.05, 0.1) is 23.1 Å². The van der Waals surface area contributed by atoms with Crippen LogP contribution in [0.4, 0.5) is 10.7 Å². The molecule has 0 radical (unpaired) electrons. The predicted octanol–water partition coefficient (Wildman–Crippen LogP) is 3.18. The fraction of sp³-hybridized carbons (Fsp3) is 0.417. The maximum absolute atomic E-state index is 11.6. The van der Waals surface area contributed by atoms with E-state index >= 15 is 0 Å². The van der Waals surface area contributed by atoms with Crippen LogP contribution in [0.2, 0.25) is 0 Å². The molecule has 0 aliphatic heterocycles. The topological polar surface area (TPSA) is 59.8 Å². The molecule has 2 rings (SSSR count). The number of nitrogens with zero attached hydrogens (tertiary/aromatic N) is 3. The number of anilines is 2. The van der Waals surface area contributed by atoms with Gasteiger partial charge in [-0.1, -0.05) is 0 Å². The summed E-state index contributed by atoms with van der Waals surface area (Å²) in [5, 5.41) is 8.23. The Morgan fingerprint density at radius 3 is 2.78 bits per heavy atom. The van der Waals surface area contributed by atoms with Crippen molar-refractivity contribution in [1.29, 1.82) is 0 Å². The Kier molecular flexibility index (Phi) is 3.47. The van der Waals surface area contributed by atoms with E-state index in [2.05, 4.69) is 28.6 Å². The van der Waals surface area contributed by atoms with Crippen LogP contribution in [-0.2, 0) is 0 Å². The molecule has 0 aliphatic rings. The summed E-state index contributed by atoms with van der Waals surface area (Å²) < 4.78 is 6.07. The summed E-state index contributed by atoms with van der Waals surface area (Å²) in [6.07, 6.45) is 3.67. The first-order chi connectivity index (χ1) is 8.49. The van der Waals surface area contributed by atoms with Gasteiger partial charge >= 0.3 is 0 Å². The molecule has 1 N–H and O–H groups in total. The summed E-state index contributed by atoms with van der Waals surface area (Å²) in [6.45, 7) is 7.53. The summed E-state index contributed by atoms with van der Waals surface area (Å²) in [5.41, 5.74) is 2.30. The van der Waals surface area contributed by atoms with Gasteiger partial charge < -0.3 is 5.32 Å². The van der Waals surface area contributed by atoms with Crippen LogP contribution in [0.15, 0.2) is 12.4 Å². The number of aromatic nitrogens is 3. The molecule has 0 saturated carbocycles. The lowest BCUT2D eigenvalue weighted by molar-refractivity contribution is 0.101. The van der Waals surface area contributed by atoms with Gasteiger partial charge in [0.2, 0.25) is 0 Å². The van der Waals surface area contributed by atoms with Crippen LogP contribution in [0, 0.1) is 6.92 Å². The quantitative estimate of drug-likeness (QED) is 0.862. The van der Waals surface area contributed by atoms with Gasteiger partial charge in [0.25, 0.3) is 0 Å². The molecule has 0 saturated heterocycles. The summed E-state index contributed by atoms with van der Waals surface area (Å²) in [7, 11) is 0. The van der Waals surface area contributed by atoms with Crippen molar-refractivity contribution in [3.8, 4) is 0 Å². The van der Waals surface area contributed by atoms with Crippen molar-refractivity contribution in [3.05, 3.63) is 23.7 Å². The molecule has 0 atom stereocenters. The maximum Gasteiger partial charge on any atom is 0.164 e. The van der Waals surface area contributed by atoms with E-state index in [1.807, 2.05) is 17.8 Å². The first-order valence-corrected chi connectivity index (χ1v) is 6.54. The number of ketones is 1. The third-order valence-corrected chi connectivity index (χ3v) is 3.46. The molecule has 0 fully saturated rings. The summed E-state index contributed by atoms with van der Waals surface area (Å²) in [6, 6.07) is 0.316. The van der Waals surface area contributed by atoms with Crippen LogP contribution >= 0.6 is 11.5 Å². The van der Waals surface area contributed by atoms with Crippen molar-refractivity contribution in [2.75, 3.05) is 5.32 Å². The van der Waals surface area contributed by atoms with E-state index in [0.29, 0.717) is 11.6 Å². The Hall–Kier alpha value is -1.69. The van der Waals surface area contributed by atoms with Gasteiger partial charge in [-0.3, -0.25) is 9.48 Å². The van der Waals surface area contributed by atoms with Gasteiger partial charge in [0.15, 0.2) is 5.78 Å². The summed E-state index contributed by atoms with van der Waals surface area (Å²) in [4.78, 5) is 11.6. The largest absolute Gasteiger partial charge is 0.343 e. The number of aryl methyl sites for hydroxylation is 1. The van der Waals surface area contributed by atoms with Crippen molar-refractivity contribution in [3.63, 3.8) is 0 Å². The number of Topliss-reactive ketones (excluding diaryl/α,β-unsaturated/α-hetero) is 1. The molecule has 0 aromatic carbocycles. The van der Waals surface area contributed by atoms with Crippen LogP contribution in [0.5, 0.6) is 0 Å². The highest BCUT2D eigenvalue weighted by Crippen LogP contribution is 2.28. The molecule has 0 aliphatic carbocycles. The van der Waals surface area contributed by atoms with Gasteiger partial charge in [-0.2, -0.15) is 9.47 Å². The smallest absolute Gasteiger partial charge is 0.164 e. The maximum atomic E-state index is 11.6. The van der Waals surface area contributed by atoms with Gasteiger partial charge in [0, 0.05) is 12.2 Å². The van der Waals surface area contributed by atoms with E-state index in [-0.39, 0.29) is 5.78 Å². The second-order valence-corrected chi connectivity index (χ2v) is 5.23. The van der Waals surface area contributed by atoms with Crippen molar-refractivity contribution in [1.82, 2.24) is 14.2 Å². The van der Waals surface area contributed by atoms with Crippen LogP contribution in [0.25, 0.3) is 0 Å². The first-order valence-electron chi connectivity index (χ1n) is 5.77. The van der Waals surface area contributed by atoms with E-state index < -0.39 is 0 Å². The van der Waals surface area contributed by atoms with Crippen molar-refractivity contribution in [2.24, 2.45) is 0 Å². The Morgan fingerprint density at radius 2 is 2.22 bits per heavy atom. The van der Waals surface area contributed by atoms with Crippen LogP contribution < -0.4 is 5.32 Å². The van der Waals surface area contributed by atoms with E-state index in [9.17, 15) is 4.79 Å². The SMILES string of the molecule is CC(=O)c1c(C)nsc1Nc1cnn(C(C)C)c1. The van der Waals surface area contributed by atoms with Crippen molar-refractivity contribution >= 4 is 28.0 Å². The predicted molar refractivity (Wildman–Crippen MR) is 72.8 cm³/mol. The molecule has 96 valence electrons. The number of carbonyl (C=O) groups excluding carboxylic acids is 1. The highest BCUT2D eigenvalue weighted by atomic mass is 32.1. The minimum Gasteiger partial charge on any atom is -0.343 e. The normalized spacial score (nSPS) is 10.9. The van der Waals surface area contributed by atoms with Crippen LogP contribution in [-0.4, -0.2) is 19.9 Å². The molecule has 6 heteroatoms. The number of rotatable bonds is 4. The van der Waals surface area contributed by atoms with Gasteiger partial charge in [-0.25, -0.2) is 0 Å². The third-order valence-electron chi connectivity index (χ3n) is 2.60. The molecule has 2 aromatic heterocycles. The zero-order valence-corrected chi connectivity index (χ0v) is 11.7. The van der Waals surface area contributed by atoms with E-state index in [1.165, 1.54) is 11.5 Å². The summed E-state index contributed by atoms with van der Waals surface area (Å²) >= 11 is 1.30. The fourth-order valence-electron chi connectivity index (χ4n) is 1.69. The Balaban J connectivity index is 2.26. The number of hydrogen-bond acceptors (Lipinski definition) is 5. The van der Waals surface area contributed by atoms with Crippen molar-refractivity contribution in [2.45, 2.75) is 33.7 Å². The second-order valence-electron chi connectivity index (χ2n) is 4.46. The number of nitrogens with one attached hydrogen (secondary N) is 1. The van der Waals surface area contributed by atoms with Crippen LogP contribution in [0.3, 0.4) is 0 Å². The minimum absolute atomic E-state index is 0.0278. The van der Waals surface area contributed by atoms with Crippen LogP contribution in [0.1, 0.15) is 42.9 Å². The lowest BCUT2D eigenvalue weighted by Gasteiger charge is -2.04. The highest BCUT2D eigenvalue weighted by molar-refractivity contribution is 7.10. The minimum atomic E-state index is 0.0278. The average molecular weight is 264 g/mol. The lowest BCUT2D eigenvalue weighted by atomic mass is 10.2. The molecule has 0 unspecified atom stereocenters. The number of carbonyl (C=O) groups is 1. The van der Waals surface area contributed by atoms with Gasteiger partial charge in [-0.15, -0.1) is 0 Å². The van der Waals surface area contributed by atoms with Gasteiger partial charge in [0.1, 0.15) is 5.00 Å². The Morgan fingerprint density at radius 1 is 1.50 bits per heavy atom. The Bertz CT molecular complexity index is 570. The number of hydrogen-bond donors (Lipinski definition) is 1. The highest BCUT2D eigenvalue weighted by Gasteiger charge is 2.15. The molecule has 0 spiro atoms. The fourth-order valence-corrected chi connectivity index (χ4v) is 2.55. The second kappa shape index (κ2) is 4.89. The zero-order chi connectivity index (χ0) is 13.3. The molecule has 0 amide bonds. The van der Waals surface area contributed by atoms with Gasteiger partial charge in [-0.05, 0) is 39.2 Å². The average Bonchev–Trinajstić information content (AvgIpc) is 2.86. The molecular formula is C12H16N4OS. The standard InChI is InChI=1S/C12H16N4OS/c1-7(2)16-6-10(5-13-16)14-12-11(9(4)17)8(3)15-18-12/h5-7,14H,1-4H3. The summed E-state index contributed by atoms with van der Waals surface area (Å²) in [5.74, 6) is 0.0278. The first kappa shape index (κ1) is 12.8. The molecular weight excluding hydrogens is 248 g/mol. The Labute approximate surface area is 110 Å². The van der Waals surface area contributed by atoms with E-state index in [1.54, 1.807) is 13.1 Å².